The van der Waals surface area contributed by atoms with E-state index < -0.39 is 0 Å². The molecule has 3 rings (SSSR count). The highest BCUT2D eigenvalue weighted by Gasteiger charge is 2.25. The summed E-state index contributed by atoms with van der Waals surface area (Å²) in [5.41, 5.74) is 6.70. The third-order valence-corrected chi connectivity index (χ3v) is 4.19. The smallest absolute Gasteiger partial charge is 0.272 e. The third kappa shape index (κ3) is 2.60. The van der Waals surface area contributed by atoms with Crippen molar-refractivity contribution in [2.75, 3.05) is 23.0 Å². The van der Waals surface area contributed by atoms with Crippen molar-refractivity contribution in [1.29, 1.82) is 0 Å². The molecule has 1 heterocycles. The molecule has 0 aliphatic heterocycles. The fourth-order valence-electron chi connectivity index (χ4n) is 1.87. The van der Waals surface area contributed by atoms with E-state index in [0.29, 0.717) is 16.7 Å². The second-order valence-corrected chi connectivity index (χ2v) is 5.85. The van der Waals surface area contributed by atoms with Crippen molar-refractivity contribution < 1.29 is 4.79 Å². The van der Waals surface area contributed by atoms with Crippen molar-refractivity contribution in [2.45, 2.75) is 18.9 Å². The van der Waals surface area contributed by atoms with Gasteiger partial charge in [0.15, 0.2) is 5.13 Å². The van der Waals surface area contributed by atoms with Crippen molar-refractivity contribution in [3.8, 4) is 0 Å². The zero-order chi connectivity index (χ0) is 14.1. The summed E-state index contributed by atoms with van der Waals surface area (Å²) in [6, 6.07) is 9.98. The molecule has 6 heteroatoms. The number of nitrogens with one attached hydrogen (secondary N) is 1. The first-order chi connectivity index (χ1) is 9.65. The number of nitrogens with two attached hydrogens (primary N) is 1. The monoisotopic (exact) mass is 288 g/mol. The Labute approximate surface area is 121 Å². The number of carbonyl (C=O) groups is 1. The quantitative estimate of drug-likeness (QED) is 0.907. The van der Waals surface area contributed by atoms with Gasteiger partial charge in [-0.3, -0.25) is 4.79 Å². The molecule has 2 aromatic rings. The topological polar surface area (TPSA) is 71.2 Å². The number of amides is 1. The lowest BCUT2D eigenvalue weighted by molar-refractivity contribution is 0.0997. The lowest BCUT2D eigenvalue weighted by atomic mass is 10.3. The van der Waals surface area contributed by atoms with E-state index in [9.17, 15) is 4.79 Å². The van der Waals surface area contributed by atoms with Crippen LogP contribution in [0.2, 0.25) is 0 Å². The molecular weight excluding hydrogens is 272 g/mol. The maximum absolute atomic E-state index is 12.5. The van der Waals surface area contributed by atoms with Gasteiger partial charge in [0.05, 0.1) is 0 Å². The molecule has 104 valence electrons. The molecule has 0 spiro atoms. The average Bonchev–Trinajstić information content (AvgIpc) is 3.20. The molecule has 1 aromatic carbocycles. The van der Waals surface area contributed by atoms with E-state index in [1.165, 1.54) is 11.3 Å². The van der Waals surface area contributed by atoms with Crippen molar-refractivity contribution in [3.63, 3.8) is 0 Å². The van der Waals surface area contributed by atoms with E-state index in [4.69, 9.17) is 5.73 Å². The SMILES string of the molecule is CN(C(=O)c1sc(NC2CC2)nc1N)c1ccccc1. The molecule has 5 nitrogen and oxygen atoms in total. The number of aromatic nitrogens is 1. The fraction of sp³-hybridized carbons (Fsp3) is 0.286. The van der Waals surface area contributed by atoms with Crippen LogP contribution in [-0.2, 0) is 0 Å². The highest BCUT2D eigenvalue weighted by molar-refractivity contribution is 7.18. The number of hydrogen-bond donors (Lipinski definition) is 2. The predicted molar refractivity (Wildman–Crippen MR) is 82.3 cm³/mol. The summed E-state index contributed by atoms with van der Waals surface area (Å²) in [4.78, 5) is 18.8. The van der Waals surface area contributed by atoms with Crippen LogP contribution in [0.1, 0.15) is 22.5 Å². The number of para-hydroxylation sites is 1. The first kappa shape index (κ1) is 12.9. The Balaban J connectivity index is 1.80. The van der Waals surface area contributed by atoms with Crippen molar-refractivity contribution in [1.82, 2.24) is 4.98 Å². The van der Waals surface area contributed by atoms with Gasteiger partial charge in [-0.2, -0.15) is 0 Å². The van der Waals surface area contributed by atoms with Gasteiger partial charge in [-0.25, -0.2) is 4.98 Å². The van der Waals surface area contributed by atoms with E-state index in [2.05, 4.69) is 10.3 Å². The summed E-state index contributed by atoms with van der Waals surface area (Å²) in [7, 11) is 1.74. The average molecular weight is 288 g/mol. The summed E-state index contributed by atoms with van der Waals surface area (Å²) >= 11 is 1.32. The molecule has 1 amide bonds. The summed E-state index contributed by atoms with van der Waals surface area (Å²) in [6.45, 7) is 0. The van der Waals surface area contributed by atoms with Crippen LogP contribution in [0.5, 0.6) is 0 Å². The van der Waals surface area contributed by atoms with Crippen LogP contribution in [0, 0.1) is 0 Å². The Morgan fingerprint density at radius 1 is 1.40 bits per heavy atom. The number of thiazole rings is 1. The number of rotatable bonds is 4. The molecule has 1 aliphatic rings. The van der Waals surface area contributed by atoms with Crippen LogP contribution < -0.4 is 16.0 Å². The van der Waals surface area contributed by atoms with Crippen LogP contribution in [0.15, 0.2) is 30.3 Å². The first-order valence-corrected chi connectivity index (χ1v) is 7.33. The second-order valence-electron chi connectivity index (χ2n) is 4.85. The van der Waals surface area contributed by atoms with Gasteiger partial charge in [0.1, 0.15) is 10.7 Å². The van der Waals surface area contributed by atoms with Gasteiger partial charge < -0.3 is 16.0 Å². The minimum Gasteiger partial charge on any atom is -0.382 e. The van der Waals surface area contributed by atoms with E-state index in [0.717, 1.165) is 23.7 Å². The lowest BCUT2D eigenvalue weighted by Crippen LogP contribution is -2.26. The number of hydrogen-bond acceptors (Lipinski definition) is 5. The zero-order valence-corrected chi connectivity index (χ0v) is 12.0. The molecule has 1 saturated carbocycles. The molecule has 3 N–H and O–H groups in total. The van der Waals surface area contributed by atoms with Gasteiger partial charge in [-0.15, -0.1) is 0 Å². The number of anilines is 3. The summed E-state index contributed by atoms with van der Waals surface area (Å²) in [5, 5.41) is 4.00. The largest absolute Gasteiger partial charge is 0.382 e. The Hall–Kier alpha value is -2.08. The molecule has 1 fully saturated rings. The molecule has 1 aliphatic carbocycles. The van der Waals surface area contributed by atoms with Gasteiger partial charge in [0.2, 0.25) is 0 Å². The number of nitrogens with zero attached hydrogens (tertiary/aromatic N) is 2. The van der Waals surface area contributed by atoms with Gasteiger partial charge >= 0.3 is 0 Å². The van der Waals surface area contributed by atoms with Crippen molar-refractivity contribution in [2.24, 2.45) is 0 Å². The second kappa shape index (κ2) is 5.13. The van der Waals surface area contributed by atoms with Crippen LogP contribution in [-0.4, -0.2) is 24.0 Å². The molecule has 0 unspecified atom stereocenters. The standard InChI is InChI=1S/C14H16N4OS/c1-18(10-5-3-2-4-6-10)13(19)11-12(15)17-14(20-11)16-9-7-8-9/h2-6,9H,7-8,15H2,1H3,(H,16,17). The van der Waals surface area contributed by atoms with Gasteiger partial charge in [0, 0.05) is 18.8 Å². The van der Waals surface area contributed by atoms with Gasteiger partial charge in [0.25, 0.3) is 5.91 Å². The lowest BCUT2D eigenvalue weighted by Gasteiger charge is -2.16. The minimum absolute atomic E-state index is 0.130. The predicted octanol–water partition coefficient (Wildman–Crippen LogP) is 2.58. The highest BCUT2D eigenvalue weighted by atomic mass is 32.1. The van der Waals surface area contributed by atoms with E-state index in [1.807, 2.05) is 30.3 Å². The van der Waals surface area contributed by atoms with E-state index in [1.54, 1.807) is 11.9 Å². The molecule has 1 aromatic heterocycles. The first-order valence-electron chi connectivity index (χ1n) is 6.51. The molecular formula is C14H16N4OS. The maximum atomic E-state index is 12.5. The van der Waals surface area contributed by atoms with Crippen LogP contribution >= 0.6 is 11.3 Å². The molecule has 0 bridgehead atoms. The Bertz CT molecular complexity index is 621. The maximum Gasteiger partial charge on any atom is 0.272 e. The number of benzene rings is 1. The minimum atomic E-state index is -0.130. The Kier molecular flexibility index (Phi) is 3.31. The summed E-state index contributed by atoms with van der Waals surface area (Å²) < 4.78 is 0. The van der Waals surface area contributed by atoms with Gasteiger partial charge in [-0.1, -0.05) is 29.5 Å². The molecule has 0 saturated heterocycles. The third-order valence-electron chi connectivity index (χ3n) is 3.20. The Morgan fingerprint density at radius 2 is 2.10 bits per heavy atom. The van der Waals surface area contributed by atoms with Crippen LogP contribution in [0.25, 0.3) is 0 Å². The Morgan fingerprint density at radius 3 is 2.75 bits per heavy atom. The van der Waals surface area contributed by atoms with Crippen molar-refractivity contribution in [3.05, 3.63) is 35.2 Å². The molecule has 0 radical (unpaired) electrons. The van der Waals surface area contributed by atoms with Crippen LogP contribution in [0.3, 0.4) is 0 Å². The fourth-order valence-corrected chi connectivity index (χ4v) is 2.81. The normalized spacial score (nSPS) is 14.1. The highest BCUT2D eigenvalue weighted by Crippen LogP contribution is 2.31. The number of nitrogen functional groups attached to an aromatic ring is 1. The van der Waals surface area contributed by atoms with Crippen LogP contribution in [0.4, 0.5) is 16.6 Å². The van der Waals surface area contributed by atoms with Gasteiger partial charge in [-0.05, 0) is 25.0 Å². The van der Waals surface area contributed by atoms with Crippen molar-refractivity contribution >= 4 is 33.9 Å². The van der Waals surface area contributed by atoms with E-state index >= 15 is 0 Å². The molecule has 0 atom stereocenters. The molecule has 20 heavy (non-hydrogen) atoms. The zero-order valence-electron chi connectivity index (χ0n) is 11.2. The van der Waals surface area contributed by atoms with E-state index in [-0.39, 0.29) is 5.91 Å². The summed E-state index contributed by atoms with van der Waals surface area (Å²) in [6.07, 6.45) is 2.32. The number of carbonyl (C=O) groups excluding carboxylic acids is 1. The summed E-state index contributed by atoms with van der Waals surface area (Å²) in [5.74, 6) is 0.168.